The highest BCUT2D eigenvalue weighted by Crippen LogP contribution is 2.26. The Labute approximate surface area is 141 Å². The Balaban J connectivity index is 1.57. The smallest absolute Gasteiger partial charge is 0.228 e. The number of aromatic nitrogens is 1. The fourth-order valence-electron chi connectivity index (χ4n) is 2.91. The summed E-state index contributed by atoms with van der Waals surface area (Å²) in [6.45, 7) is 3.64. The van der Waals surface area contributed by atoms with Crippen molar-refractivity contribution in [2.24, 2.45) is 5.92 Å². The summed E-state index contributed by atoms with van der Waals surface area (Å²) in [7, 11) is 0. The number of hydrogen-bond acceptors (Lipinski definition) is 3. The van der Waals surface area contributed by atoms with Gasteiger partial charge in [-0.3, -0.25) is 4.79 Å². The molecule has 4 nitrogen and oxygen atoms in total. The molecule has 5 heteroatoms. The zero-order chi connectivity index (χ0) is 16.2. The molecule has 1 amide bonds. The van der Waals surface area contributed by atoms with Crippen molar-refractivity contribution in [1.82, 2.24) is 4.98 Å². The zero-order valence-electron chi connectivity index (χ0n) is 13.1. The molecule has 0 unspecified atom stereocenters. The van der Waals surface area contributed by atoms with Crippen molar-refractivity contribution >= 4 is 29.0 Å². The van der Waals surface area contributed by atoms with E-state index in [0.29, 0.717) is 5.82 Å². The molecule has 0 radical (unpaired) electrons. The van der Waals surface area contributed by atoms with Crippen molar-refractivity contribution in [3.8, 4) is 0 Å². The Morgan fingerprint density at radius 2 is 1.96 bits per heavy atom. The van der Waals surface area contributed by atoms with Gasteiger partial charge in [0.25, 0.3) is 0 Å². The van der Waals surface area contributed by atoms with Gasteiger partial charge < -0.3 is 10.2 Å². The molecule has 0 saturated carbocycles. The van der Waals surface area contributed by atoms with E-state index in [9.17, 15) is 4.79 Å². The predicted molar refractivity (Wildman–Crippen MR) is 94.0 cm³/mol. The molecule has 1 saturated heterocycles. The van der Waals surface area contributed by atoms with Crippen molar-refractivity contribution in [1.29, 1.82) is 0 Å². The first-order valence-electron chi connectivity index (χ1n) is 7.87. The molecule has 0 atom stereocenters. The van der Waals surface area contributed by atoms with Gasteiger partial charge in [-0.25, -0.2) is 4.98 Å². The van der Waals surface area contributed by atoms with Crippen LogP contribution in [-0.2, 0) is 4.79 Å². The molecule has 0 spiro atoms. The van der Waals surface area contributed by atoms with E-state index < -0.39 is 0 Å². The van der Waals surface area contributed by atoms with Crippen LogP contribution in [0, 0.1) is 12.8 Å². The number of pyridine rings is 1. The van der Waals surface area contributed by atoms with Crippen LogP contribution in [0.25, 0.3) is 0 Å². The van der Waals surface area contributed by atoms with Crippen LogP contribution >= 0.6 is 11.6 Å². The minimum absolute atomic E-state index is 0.0350. The standard InChI is InChI=1S/C18H20ClN3O/c1-13-4-2-7-17(20-13)21-18(23)14-8-10-22(11-9-14)16-6-3-5-15(19)12-16/h2-7,12,14H,8-11H2,1H3,(H,20,21,23). The first-order valence-corrected chi connectivity index (χ1v) is 8.24. The number of nitrogens with zero attached hydrogens (tertiary/aromatic N) is 2. The number of carbonyl (C=O) groups excluding carboxylic acids is 1. The van der Waals surface area contributed by atoms with Crippen LogP contribution in [-0.4, -0.2) is 24.0 Å². The second kappa shape index (κ2) is 7.01. The van der Waals surface area contributed by atoms with E-state index in [-0.39, 0.29) is 11.8 Å². The Kier molecular flexibility index (Phi) is 4.82. The van der Waals surface area contributed by atoms with Gasteiger partial charge in [0, 0.05) is 35.4 Å². The van der Waals surface area contributed by atoms with Gasteiger partial charge >= 0.3 is 0 Å². The number of amides is 1. The predicted octanol–water partition coefficient (Wildman–Crippen LogP) is 3.90. The monoisotopic (exact) mass is 329 g/mol. The lowest BCUT2D eigenvalue weighted by molar-refractivity contribution is -0.120. The molecular formula is C18H20ClN3O. The third-order valence-corrected chi connectivity index (χ3v) is 4.41. The molecule has 23 heavy (non-hydrogen) atoms. The number of halogens is 1. The molecule has 0 bridgehead atoms. The summed E-state index contributed by atoms with van der Waals surface area (Å²) >= 11 is 6.05. The van der Waals surface area contributed by atoms with Crippen LogP contribution in [0.2, 0.25) is 5.02 Å². The molecule has 3 rings (SSSR count). The fourth-order valence-corrected chi connectivity index (χ4v) is 3.10. The molecule has 1 aliphatic rings. The van der Waals surface area contributed by atoms with E-state index in [1.54, 1.807) is 0 Å². The number of benzene rings is 1. The maximum absolute atomic E-state index is 12.4. The zero-order valence-corrected chi connectivity index (χ0v) is 13.9. The maximum atomic E-state index is 12.4. The van der Waals surface area contributed by atoms with Crippen molar-refractivity contribution in [3.05, 3.63) is 53.2 Å². The van der Waals surface area contributed by atoms with E-state index in [1.807, 2.05) is 43.3 Å². The lowest BCUT2D eigenvalue weighted by atomic mass is 9.95. The summed E-state index contributed by atoms with van der Waals surface area (Å²) in [4.78, 5) is 19.0. The second-order valence-electron chi connectivity index (χ2n) is 5.89. The number of carbonyl (C=O) groups is 1. The number of rotatable bonds is 3. The topological polar surface area (TPSA) is 45.2 Å². The molecular weight excluding hydrogens is 310 g/mol. The summed E-state index contributed by atoms with van der Waals surface area (Å²) in [6, 6.07) is 13.5. The molecule has 120 valence electrons. The van der Waals surface area contributed by atoms with E-state index in [2.05, 4.69) is 21.3 Å². The molecule has 1 N–H and O–H groups in total. The number of piperidine rings is 1. The molecule has 1 aromatic carbocycles. The lowest BCUT2D eigenvalue weighted by Gasteiger charge is -2.33. The number of anilines is 2. The van der Waals surface area contributed by atoms with Gasteiger partial charge in [0.05, 0.1) is 0 Å². The molecule has 2 heterocycles. The largest absolute Gasteiger partial charge is 0.371 e. The van der Waals surface area contributed by atoms with Crippen LogP contribution in [0.3, 0.4) is 0 Å². The Hall–Kier alpha value is -2.07. The Morgan fingerprint density at radius 1 is 1.22 bits per heavy atom. The van der Waals surface area contributed by atoms with Crippen LogP contribution in [0.5, 0.6) is 0 Å². The Morgan fingerprint density at radius 3 is 2.65 bits per heavy atom. The summed E-state index contributed by atoms with van der Waals surface area (Å²) in [5, 5.41) is 3.67. The van der Waals surface area contributed by atoms with Gasteiger partial charge in [0.15, 0.2) is 0 Å². The summed E-state index contributed by atoms with van der Waals surface area (Å²) in [5.41, 5.74) is 2.02. The molecule has 1 aromatic heterocycles. The number of hydrogen-bond donors (Lipinski definition) is 1. The van der Waals surface area contributed by atoms with Gasteiger partial charge in [0.2, 0.25) is 5.91 Å². The van der Waals surface area contributed by atoms with Gasteiger partial charge in [-0.05, 0) is 50.1 Å². The third kappa shape index (κ3) is 4.02. The normalized spacial score (nSPS) is 15.5. The number of aryl methyl sites for hydroxylation is 1. The van der Waals surface area contributed by atoms with Crippen LogP contribution in [0.15, 0.2) is 42.5 Å². The number of nitrogens with one attached hydrogen (secondary N) is 1. The van der Waals surface area contributed by atoms with E-state index in [1.165, 1.54) is 0 Å². The van der Waals surface area contributed by atoms with Gasteiger partial charge in [-0.2, -0.15) is 0 Å². The van der Waals surface area contributed by atoms with Crippen molar-refractivity contribution in [3.63, 3.8) is 0 Å². The summed E-state index contributed by atoms with van der Waals surface area (Å²) < 4.78 is 0. The fraction of sp³-hybridized carbons (Fsp3) is 0.333. The third-order valence-electron chi connectivity index (χ3n) is 4.18. The van der Waals surface area contributed by atoms with Crippen molar-refractivity contribution < 1.29 is 4.79 Å². The van der Waals surface area contributed by atoms with Crippen LogP contribution in [0.1, 0.15) is 18.5 Å². The quantitative estimate of drug-likeness (QED) is 0.929. The van der Waals surface area contributed by atoms with Crippen molar-refractivity contribution in [2.45, 2.75) is 19.8 Å². The maximum Gasteiger partial charge on any atom is 0.228 e. The second-order valence-corrected chi connectivity index (χ2v) is 6.33. The van der Waals surface area contributed by atoms with Crippen molar-refractivity contribution in [2.75, 3.05) is 23.3 Å². The average molecular weight is 330 g/mol. The van der Waals surface area contributed by atoms with E-state index in [0.717, 1.165) is 42.3 Å². The highest BCUT2D eigenvalue weighted by atomic mass is 35.5. The van der Waals surface area contributed by atoms with Crippen LogP contribution < -0.4 is 10.2 Å². The Bertz CT molecular complexity index is 696. The van der Waals surface area contributed by atoms with E-state index in [4.69, 9.17) is 11.6 Å². The van der Waals surface area contributed by atoms with Crippen LogP contribution in [0.4, 0.5) is 11.5 Å². The molecule has 2 aromatic rings. The van der Waals surface area contributed by atoms with E-state index >= 15 is 0 Å². The van der Waals surface area contributed by atoms with Gasteiger partial charge in [-0.15, -0.1) is 0 Å². The lowest BCUT2D eigenvalue weighted by Crippen LogP contribution is -2.38. The molecule has 0 aliphatic carbocycles. The highest BCUT2D eigenvalue weighted by Gasteiger charge is 2.25. The molecule has 1 aliphatic heterocycles. The summed E-state index contributed by atoms with van der Waals surface area (Å²) in [5.74, 6) is 0.730. The first-order chi connectivity index (χ1) is 11.1. The minimum atomic E-state index is 0.0350. The SMILES string of the molecule is Cc1cccc(NC(=O)C2CCN(c3cccc(Cl)c3)CC2)n1. The first kappa shape index (κ1) is 15.8. The summed E-state index contributed by atoms with van der Waals surface area (Å²) in [6.07, 6.45) is 1.67. The minimum Gasteiger partial charge on any atom is -0.371 e. The van der Waals surface area contributed by atoms with Gasteiger partial charge in [-0.1, -0.05) is 23.7 Å². The van der Waals surface area contributed by atoms with Gasteiger partial charge in [0.1, 0.15) is 5.82 Å². The average Bonchev–Trinajstić information content (AvgIpc) is 2.55. The highest BCUT2D eigenvalue weighted by molar-refractivity contribution is 6.30. The molecule has 1 fully saturated rings.